The van der Waals surface area contributed by atoms with Gasteiger partial charge in [-0.1, -0.05) is 25.1 Å². The fourth-order valence-electron chi connectivity index (χ4n) is 2.10. The summed E-state index contributed by atoms with van der Waals surface area (Å²) in [6, 6.07) is 14.5. The molecule has 0 unspecified atom stereocenters. The van der Waals surface area contributed by atoms with Crippen LogP contribution in [-0.4, -0.2) is 11.5 Å². The normalized spacial score (nSPS) is 10.4. The molecule has 0 spiro atoms. The Kier molecular flexibility index (Phi) is 4.93. The van der Waals surface area contributed by atoms with Gasteiger partial charge in [-0.05, 0) is 36.2 Å². The predicted octanol–water partition coefficient (Wildman–Crippen LogP) is 2.96. The summed E-state index contributed by atoms with van der Waals surface area (Å²) < 4.78 is 0. The Morgan fingerprint density at radius 2 is 1.89 bits per heavy atom. The second-order valence-corrected chi connectivity index (χ2v) is 4.61. The van der Waals surface area contributed by atoms with E-state index in [9.17, 15) is 0 Å². The zero-order chi connectivity index (χ0) is 13.5. The summed E-state index contributed by atoms with van der Waals surface area (Å²) in [4.78, 5) is 6.75. The summed E-state index contributed by atoms with van der Waals surface area (Å²) in [5, 5.41) is 0. The van der Waals surface area contributed by atoms with E-state index in [1.165, 1.54) is 5.69 Å². The number of anilines is 1. The van der Waals surface area contributed by atoms with E-state index in [2.05, 4.69) is 47.1 Å². The molecule has 0 bridgehead atoms. The van der Waals surface area contributed by atoms with Crippen LogP contribution in [0.5, 0.6) is 0 Å². The standard InChI is InChI=1S/C16H21N3/c1-2-11-19(13-15-5-3-4-10-18-15)16-8-6-14(12-17)7-9-16/h3-10H,2,11-13,17H2,1H3. The van der Waals surface area contributed by atoms with Crippen LogP contribution in [0.4, 0.5) is 5.69 Å². The molecule has 1 heterocycles. The first-order chi connectivity index (χ1) is 9.33. The molecule has 3 nitrogen and oxygen atoms in total. The van der Waals surface area contributed by atoms with Gasteiger partial charge in [-0.2, -0.15) is 0 Å². The lowest BCUT2D eigenvalue weighted by Gasteiger charge is -2.24. The zero-order valence-corrected chi connectivity index (χ0v) is 11.4. The zero-order valence-electron chi connectivity index (χ0n) is 11.4. The first-order valence-electron chi connectivity index (χ1n) is 6.77. The Labute approximate surface area is 115 Å². The molecule has 0 aliphatic heterocycles. The molecule has 0 saturated heterocycles. The molecule has 19 heavy (non-hydrogen) atoms. The Morgan fingerprint density at radius 1 is 1.11 bits per heavy atom. The largest absolute Gasteiger partial charge is 0.366 e. The molecule has 2 N–H and O–H groups in total. The van der Waals surface area contributed by atoms with Crippen LogP contribution >= 0.6 is 0 Å². The molecular formula is C16H21N3. The fraction of sp³-hybridized carbons (Fsp3) is 0.312. The van der Waals surface area contributed by atoms with Gasteiger partial charge in [0.1, 0.15) is 0 Å². The molecule has 100 valence electrons. The van der Waals surface area contributed by atoms with Crippen molar-refractivity contribution in [1.29, 1.82) is 0 Å². The predicted molar refractivity (Wildman–Crippen MR) is 79.9 cm³/mol. The Hall–Kier alpha value is -1.87. The third-order valence-corrected chi connectivity index (χ3v) is 3.11. The van der Waals surface area contributed by atoms with Crippen molar-refractivity contribution in [1.82, 2.24) is 4.98 Å². The van der Waals surface area contributed by atoms with Gasteiger partial charge in [0.25, 0.3) is 0 Å². The van der Waals surface area contributed by atoms with E-state index in [1.54, 1.807) is 0 Å². The molecule has 0 saturated carbocycles. The number of aromatic nitrogens is 1. The molecule has 2 rings (SSSR count). The highest BCUT2D eigenvalue weighted by molar-refractivity contribution is 5.47. The molecular weight excluding hydrogens is 234 g/mol. The van der Waals surface area contributed by atoms with Crippen LogP contribution in [0.25, 0.3) is 0 Å². The lowest BCUT2D eigenvalue weighted by molar-refractivity contribution is 0.754. The van der Waals surface area contributed by atoms with Crippen molar-refractivity contribution < 1.29 is 0 Å². The van der Waals surface area contributed by atoms with Gasteiger partial charge in [-0.25, -0.2) is 0 Å². The quantitative estimate of drug-likeness (QED) is 0.863. The molecule has 1 aromatic heterocycles. The summed E-state index contributed by atoms with van der Waals surface area (Å²) in [5.74, 6) is 0. The van der Waals surface area contributed by atoms with Crippen LogP contribution in [0.3, 0.4) is 0 Å². The molecule has 2 aromatic rings. The average molecular weight is 255 g/mol. The number of hydrogen-bond acceptors (Lipinski definition) is 3. The van der Waals surface area contributed by atoms with Crippen LogP contribution in [0.2, 0.25) is 0 Å². The first-order valence-corrected chi connectivity index (χ1v) is 6.77. The molecule has 0 atom stereocenters. The number of rotatable bonds is 6. The van der Waals surface area contributed by atoms with Crippen molar-refractivity contribution >= 4 is 5.69 Å². The first kappa shape index (κ1) is 13.6. The van der Waals surface area contributed by atoms with E-state index in [4.69, 9.17) is 5.73 Å². The van der Waals surface area contributed by atoms with Crippen molar-refractivity contribution in [3.05, 3.63) is 59.9 Å². The minimum absolute atomic E-state index is 0.592. The lowest BCUT2D eigenvalue weighted by Crippen LogP contribution is -2.23. The number of nitrogens with two attached hydrogens (primary N) is 1. The second-order valence-electron chi connectivity index (χ2n) is 4.61. The third kappa shape index (κ3) is 3.80. The SMILES string of the molecule is CCCN(Cc1ccccn1)c1ccc(CN)cc1. The van der Waals surface area contributed by atoms with E-state index in [1.807, 2.05) is 18.3 Å². The fourth-order valence-corrected chi connectivity index (χ4v) is 2.10. The highest BCUT2D eigenvalue weighted by Gasteiger charge is 2.07. The van der Waals surface area contributed by atoms with Crippen molar-refractivity contribution in [2.24, 2.45) is 5.73 Å². The maximum absolute atomic E-state index is 5.63. The number of hydrogen-bond donors (Lipinski definition) is 1. The summed E-state index contributed by atoms with van der Waals surface area (Å²) in [7, 11) is 0. The summed E-state index contributed by atoms with van der Waals surface area (Å²) in [5.41, 5.74) is 9.12. The Bertz CT molecular complexity index is 479. The molecule has 0 amide bonds. The van der Waals surface area contributed by atoms with Crippen molar-refractivity contribution in [3.63, 3.8) is 0 Å². The number of pyridine rings is 1. The van der Waals surface area contributed by atoms with E-state index in [0.29, 0.717) is 6.54 Å². The lowest BCUT2D eigenvalue weighted by atomic mass is 10.2. The van der Waals surface area contributed by atoms with E-state index >= 15 is 0 Å². The monoisotopic (exact) mass is 255 g/mol. The van der Waals surface area contributed by atoms with Crippen LogP contribution in [0, 0.1) is 0 Å². The van der Waals surface area contributed by atoms with Gasteiger partial charge in [-0.3, -0.25) is 4.98 Å². The minimum Gasteiger partial charge on any atom is -0.366 e. The molecule has 1 aromatic carbocycles. The molecule has 0 fully saturated rings. The van der Waals surface area contributed by atoms with Crippen LogP contribution in [0.15, 0.2) is 48.7 Å². The number of benzene rings is 1. The number of nitrogens with zero attached hydrogens (tertiary/aromatic N) is 2. The van der Waals surface area contributed by atoms with Gasteiger partial charge < -0.3 is 10.6 Å². The summed E-state index contributed by atoms with van der Waals surface area (Å²) in [6.07, 6.45) is 2.96. The van der Waals surface area contributed by atoms with Gasteiger partial charge >= 0.3 is 0 Å². The van der Waals surface area contributed by atoms with Gasteiger partial charge in [0, 0.05) is 25.0 Å². The topological polar surface area (TPSA) is 42.2 Å². The van der Waals surface area contributed by atoms with Crippen molar-refractivity contribution in [2.45, 2.75) is 26.4 Å². The smallest absolute Gasteiger partial charge is 0.0602 e. The van der Waals surface area contributed by atoms with Crippen molar-refractivity contribution in [3.8, 4) is 0 Å². The van der Waals surface area contributed by atoms with Gasteiger partial charge in [0.15, 0.2) is 0 Å². The van der Waals surface area contributed by atoms with Gasteiger partial charge in [0.05, 0.1) is 12.2 Å². The maximum atomic E-state index is 5.63. The molecule has 0 aliphatic rings. The summed E-state index contributed by atoms with van der Waals surface area (Å²) >= 11 is 0. The maximum Gasteiger partial charge on any atom is 0.0602 e. The molecule has 0 radical (unpaired) electrons. The van der Waals surface area contributed by atoms with Crippen LogP contribution in [-0.2, 0) is 13.1 Å². The Morgan fingerprint density at radius 3 is 2.47 bits per heavy atom. The molecule has 0 aliphatic carbocycles. The minimum atomic E-state index is 0.592. The van der Waals surface area contributed by atoms with Gasteiger partial charge in [0.2, 0.25) is 0 Å². The molecule has 3 heteroatoms. The van der Waals surface area contributed by atoms with E-state index < -0.39 is 0 Å². The summed E-state index contributed by atoms with van der Waals surface area (Å²) in [6.45, 7) is 4.66. The third-order valence-electron chi connectivity index (χ3n) is 3.11. The average Bonchev–Trinajstić information content (AvgIpc) is 2.48. The van der Waals surface area contributed by atoms with E-state index in [-0.39, 0.29) is 0 Å². The van der Waals surface area contributed by atoms with Crippen LogP contribution in [0.1, 0.15) is 24.6 Å². The van der Waals surface area contributed by atoms with E-state index in [0.717, 1.165) is 30.8 Å². The van der Waals surface area contributed by atoms with Crippen LogP contribution < -0.4 is 10.6 Å². The second kappa shape index (κ2) is 6.90. The Balaban J connectivity index is 2.14. The highest BCUT2D eigenvalue weighted by atomic mass is 15.1. The highest BCUT2D eigenvalue weighted by Crippen LogP contribution is 2.17. The van der Waals surface area contributed by atoms with Crippen molar-refractivity contribution in [2.75, 3.05) is 11.4 Å². The van der Waals surface area contributed by atoms with Gasteiger partial charge in [-0.15, -0.1) is 0 Å².